The summed E-state index contributed by atoms with van der Waals surface area (Å²) in [5, 5.41) is 1.69. The van der Waals surface area contributed by atoms with E-state index < -0.39 is 0 Å². The topological polar surface area (TPSA) is 38.9 Å². The molecule has 1 heterocycles. The molecule has 0 amide bonds. The molecule has 0 unspecified atom stereocenters. The Morgan fingerprint density at radius 3 is 2.61 bits per heavy atom. The minimum Gasteiger partial charge on any atom is -0.326 e. The number of rotatable bonds is 3. The average Bonchev–Trinajstić information content (AvgIpc) is 2.30. The van der Waals surface area contributed by atoms with Crippen LogP contribution in [0, 0.1) is 13.8 Å². The molecule has 2 aromatic rings. The summed E-state index contributed by atoms with van der Waals surface area (Å²) in [6.07, 6.45) is 0. The maximum absolute atomic E-state index is 6.23. The van der Waals surface area contributed by atoms with Crippen molar-refractivity contribution in [3.05, 3.63) is 52.2 Å². The van der Waals surface area contributed by atoms with Crippen molar-refractivity contribution in [3.63, 3.8) is 0 Å². The van der Waals surface area contributed by atoms with Gasteiger partial charge in [0.25, 0.3) is 0 Å². The van der Waals surface area contributed by atoms with Crippen LogP contribution in [0.2, 0.25) is 5.02 Å². The van der Waals surface area contributed by atoms with Gasteiger partial charge >= 0.3 is 0 Å². The van der Waals surface area contributed by atoms with Crippen molar-refractivity contribution in [1.82, 2.24) is 4.98 Å². The van der Waals surface area contributed by atoms with E-state index in [1.54, 1.807) is 11.8 Å². The van der Waals surface area contributed by atoms with Crippen LogP contribution in [0.3, 0.4) is 0 Å². The molecule has 0 radical (unpaired) electrons. The van der Waals surface area contributed by atoms with Crippen LogP contribution in [0.15, 0.2) is 40.3 Å². The van der Waals surface area contributed by atoms with Gasteiger partial charge in [0, 0.05) is 17.1 Å². The zero-order chi connectivity index (χ0) is 13.1. The lowest BCUT2D eigenvalue weighted by molar-refractivity contribution is 1.04. The van der Waals surface area contributed by atoms with Crippen LogP contribution >= 0.6 is 23.4 Å². The first-order valence-corrected chi connectivity index (χ1v) is 6.89. The normalized spacial score (nSPS) is 10.7. The molecule has 0 aliphatic heterocycles. The van der Waals surface area contributed by atoms with Gasteiger partial charge in [0.1, 0.15) is 5.03 Å². The first-order valence-electron chi connectivity index (χ1n) is 5.70. The highest BCUT2D eigenvalue weighted by Gasteiger charge is 2.05. The van der Waals surface area contributed by atoms with E-state index in [1.807, 2.05) is 25.1 Å². The van der Waals surface area contributed by atoms with Crippen molar-refractivity contribution in [2.75, 3.05) is 0 Å². The monoisotopic (exact) mass is 278 g/mol. The standard InChI is InChI=1S/C14H15ClN2S/c1-9-5-10(2)17-14(6-9)18-13-4-3-11(8-16)7-12(13)15/h3-7H,8,16H2,1-2H3. The first-order chi connectivity index (χ1) is 8.58. The number of aromatic nitrogens is 1. The molecule has 2 nitrogen and oxygen atoms in total. The van der Waals surface area contributed by atoms with Crippen LogP contribution in [-0.4, -0.2) is 4.98 Å². The van der Waals surface area contributed by atoms with E-state index in [0.29, 0.717) is 6.54 Å². The molecular weight excluding hydrogens is 264 g/mol. The van der Waals surface area contributed by atoms with E-state index in [-0.39, 0.29) is 0 Å². The van der Waals surface area contributed by atoms with E-state index in [4.69, 9.17) is 17.3 Å². The second-order valence-electron chi connectivity index (χ2n) is 4.20. The number of benzene rings is 1. The molecule has 1 aromatic carbocycles. The maximum Gasteiger partial charge on any atom is 0.101 e. The Kier molecular flexibility index (Phi) is 4.27. The largest absolute Gasteiger partial charge is 0.326 e. The van der Waals surface area contributed by atoms with Gasteiger partial charge in [-0.15, -0.1) is 0 Å². The SMILES string of the molecule is Cc1cc(C)nc(Sc2ccc(CN)cc2Cl)c1. The van der Waals surface area contributed by atoms with Crippen molar-refractivity contribution in [2.24, 2.45) is 5.73 Å². The Labute approximate surface area is 117 Å². The number of nitrogens with zero attached hydrogens (tertiary/aromatic N) is 1. The zero-order valence-corrected chi connectivity index (χ0v) is 12.0. The molecule has 0 saturated heterocycles. The molecule has 0 spiro atoms. The molecule has 0 aliphatic carbocycles. The van der Waals surface area contributed by atoms with Crippen LogP contribution in [0.4, 0.5) is 0 Å². The fourth-order valence-corrected chi connectivity index (χ4v) is 2.99. The van der Waals surface area contributed by atoms with Gasteiger partial charge in [-0.1, -0.05) is 29.4 Å². The molecule has 0 bridgehead atoms. The third-order valence-electron chi connectivity index (χ3n) is 2.52. The van der Waals surface area contributed by atoms with Crippen molar-refractivity contribution in [2.45, 2.75) is 30.3 Å². The summed E-state index contributed by atoms with van der Waals surface area (Å²) < 4.78 is 0. The molecule has 4 heteroatoms. The van der Waals surface area contributed by atoms with Crippen LogP contribution in [0.1, 0.15) is 16.8 Å². The Bertz CT molecular complexity index is 549. The van der Waals surface area contributed by atoms with Gasteiger partial charge in [-0.25, -0.2) is 4.98 Å². The van der Waals surface area contributed by atoms with E-state index in [0.717, 1.165) is 26.2 Å². The smallest absolute Gasteiger partial charge is 0.101 e. The van der Waals surface area contributed by atoms with Gasteiger partial charge in [-0.3, -0.25) is 0 Å². The lowest BCUT2D eigenvalue weighted by atomic mass is 10.2. The highest BCUT2D eigenvalue weighted by atomic mass is 35.5. The predicted molar refractivity (Wildman–Crippen MR) is 77.2 cm³/mol. The van der Waals surface area contributed by atoms with Crippen LogP contribution in [-0.2, 0) is 6.54 Å². The number of nitrogens with two attached hydrogens (primary N) is 1. The van der Waals surface area contributed by atoms with Crippen LogP contribution < -0.4 is 5.73 Å². The summed E-state index contributed by atoms with van der Waals surface area (Å²) in [6, 6.07) is 10.0. The second-order valence-corrected chi connectivity index (χ2v) is 5.66. The Morgan fingerprint density at radius 2 is 2.00 bits per heavy atom. The summed E-state index contributed by atoms with van der Waals surface area (Å²) in [6.45, 7) is 4.57. The predicted octanol–water partition coefficient (Wildman–Crippen LogP) is 3.96. The van der Waals surface area contributed by atoms with Crippen LogP contribution in [0.5, 0.6) is 0 Å². The fraction of sp³-hybridized carbons (Fsp3) is 0.214. The fourth-order valence-electron chi connectivity index (χ4n) is 1.72. The molecule has 2 rings (SSSR count). The van der Waals surface area contributed by atoms with E-state index in [9.17, 15) is 0 Å². The van der Waals surface area contributed by atoms with Crippen molar-refractivity contribution in [3.8, 4) is 0 Å². The number of hydrogen-bond acceptors (Lipinski definition) is 3. The van der Waals surface area contributed by atoms with E-state index in [1.165, 1.54) is 5.56 Å². The Morgan fingerprint density at radius 1 is 1.22 bits per heavy atom. The summed E-state index contributed by atoms with van der Waals surface area (Å²) in [5.74, 6) is 0. The van der Waals surface area contributed by atoms with Crippen molar-refractivity contribution in [1.29, 1.82) is 0 Å². The third-order valence-corrected chi connectivity index (χ3v) is 3.94. The highest BCUT2D eigenvalue weighted by molar-refractivity contribution is 7.99. The summed E-state index contributed by atoms with van der Waals surface area (Å²) >= 11 is 7.81. The molecule has 0 fully saturated rings. The second kappa shape index (κ2) is 5.74. The Balaban J connectivity index is 2.28. The number of aryl methyl sites for hydroxylation is 2. The summed E-state index contributed by atoms with van der Waals surface area (Å²) in [7, 11) is 0. The zero-order valence-electron chi connectivity index (χ0n) is 10.4. The lowest BCUT2D eigenvalue weighted by Crippen LogP contribution is -1.95. The average molecular weight is 279 g/mol. The summed E-state index contributed by atoms with van der Waals surface area (Å²) in [5.41, 5.74) is 8.85. The first kappa shape index (κ1) is 13.4. The molecule has 94 valence electrons. The minimum atomic E-state index is 0.506. The molecule has 0 atom stereocenters. The molecule has 1 aromatic heterocycles. The number of hydrogen-bond donors (Lipinski definition) is 1. The van der Waals surface area contributed by atoms with Gasteiger partial charge in [-0.2, -0.15) is 0 Å². The molecule has 2 N–H and O–H groups in total. The third kappa shape index (κ3) is 3.25. The maximum atomic E-state index is 6.23. The van der Waals surface area contributed by atoms with Gasteiger partial charge < -0.3 is 5.73 Å². The molecule has 18 heavy (non-hydrogen) atoms. The Hall–Kier alpha value is -1.03. The number of pyridine rings is 1. The quantitative estimate of drug-likeness (QED) is 0.924. The molecule has 0 saturated carbocycles. The highest BCUT2D eigenvalue weighted by Crippen LogP contribution is 2.33. The van der Waals surface area contributed by atoms with Gasteiger partial charge in [0.2, 0.25) is 0 Å². The van der Waals surface area contributed by atoms with Gasteiger partial charge in [0.05, 0.1) is 5.02 Å². The number of halogens is 1. The van der Waals surface area contributed by atoms with Gasteiger partial charge in [-0.05, 0) is 49.2 Å². The summed E-state index contributed by atoms with van der Waals surface area (Å²) in [4.78, 5) is 5.50. The van der Waals surface area contributed by atoms with Gasteiger partial charge in [0.15, 0.2) is 0 Å². The molecular formula is C14H15ClN2S. The van der Waals surface area contributed by atoms with Crippen LogP contribution in [0.25, 0.3) is 0 Å². The lowest BCUT2D eigenvalue weighted by Gasteiger charge is -2.07. The molecule has 0 aliphatic rings. The minimum absolute atomic E-state index is 0.506. The van der Waals surface area contributed by atoms with Crippen molar-refractivity contribution < 1.29 is 0 Å². The van der Waals surface area contributed by atoms with Crippen molar-refractivity contribution >= 4 is 23.4 Å². The van der Waals surface area contributed by atoms with E-state index >= 15 is 0 Å². The van der Waals surface area contributed by atoms with E-state index in [2.05, 4.69) is 24.0 Å².